The summed E-state index contributed by atoms with van der Waals surface area (Å²) in [6.07, 6.45) is 6.34. The fourth-order valence-electron chi connectivity index (χ4n) is 2.11. The van der Waals surface area contributed by atoms with Gasteiger partial charge in [-0.25, -0.2) is 4.98 Å². The van der Waals surface area contributed by atoms with Gasteiger partial charge in [-0.3, -0.25) is 0 Å². The van der Waals surface area contributed by atoms with Gasteiger partial charge in [0.2, 0.25) is 0 Å². The van der Waals surface area contributed by atoms with Crippen LogP contribution < -0.4 is 5.32 Å². The summed E-state index contributed by atoms with van der Waals surface area (Å²) in [5, 5.41) is 3.45. The molecule has 1 aliphatic rings. The highest BCUT2D eigenvalue weighted by molar-refractivity contribution is 4.91. The van der Waals surface area contributed by atoms with Crippen LogP contribution in [0.25, 0.3) is 0 Å². The SMILES string of the molecule is CCn1ccnc1CNCCC1CCOC1. The molecule has 0 amide bonds. The molecule has 90 valence electrons. The van der Waals surface area contributed by atoms with Crippen LogP contribution in [-0.2, 0) is 17.8 Å². The van der Waals surface area contributed by atoms with Gasteiger partial charge in [0.25, 0.3) is 0 Å². The van der Waals surface area contributed by atoms with E-state index in [1.165, 1.54) is 12.8 Å². The van der Waals surface area contributed by atoms with Gasteiger partial charge in [-0.05, 0) is 32.2 Å². The molecule has 0 spiro atoms. The van der Waals surface area contributed by atoms with Crippen LogP contribution in [0.1, 0.15) is 25.6 Å². The molecule has 16 heavy (non-hydrogen) atoms. The highest BCUT2D eigenvalue weighted by atomic mass is 16.5. The standard InChI is InChI=1S/C12H21N3O/c1-2-15-7-6-14-12(15)9-13-5-3-11-4-8-16-10-11/h6-7,11,13H,2-5,8-10H2,1H3. The van der Waals surface area contributed by atoms with Gasteiger partial charge in [0.1, 0.15) is 5.82 Å². The lowest BCUT2D eigenvalue weighted by molar-refractivity contribution is 0.184. The van der Waals surface area contributed by atoms with Crippen LogP contribution in [0.5, 0.6) is 0 Å². The van der Waals surface area contributed by atoms with Crippen molar-refractivity contribution in [3.8, 4) is 0 Å². The molecule has 1 N–H and O–H groups in total. The van der Waals surface area contributed by atoms with Crippen LogP contribution in [0.4, 0.5) is 0 Å². The summed E-state index contributed by atoms with van der Waals surface area (Å²) in [4.78, 5) is 4.33. The summed E-state index contributed by atoms with van der Waals surface area (Å²) in [6, 6.07) is 0. The number of aromatic nitrogens is 2. The Labute approximate surface area is 97.0 Å². The van der Waals surface area contributed by atoms with Crippen molar-refractivity contribution in [3.05, 3.63) is 18.2 Å². The zero-order valence-corrected chi connectivity index (χ0v) is 9.98. The lowest BCUT2D eigenvalue weighted by Crippen LogP contribution is -2.20. The summed E-state index contributed by atoms with van der Waals surface area (Å²) in [6.45, 7) is 6.96. The fourth-order valence-corrected chi connectivity index (χ4v) is 2.11. The van der Waals surface area contributed by atoms with Crippen LogP contribution in [0.15, 0.2) is 12.4 Å². The maximum atomic E-state index is 5.35. The van der Waals surface area contributed by atoms with E-state index < -0.39 is 0 Å². The normalized spacial score (nSPS) is 20.4. The Morgan fingerprint density at radius 1 is 1.62 bits per heavy atom. The summed E-state index contributed by atoms with van der Waals surface area (Å²) in [5.41, 5.74) is 0. The van der Waals surface area contributed by atoms with E-state index >= 15 is 0 Å². The molecule has 1 unspecified atom stereocenters. The van der Waals surface area contributed by atoms with E-state index in [-0.39, 0.29) is 0 Å². The smallest absolute Gasteiger partial charge is 0.122 e. The minimum absolute atomic E-state index is 0.762. The van der Waals surface area contributed by atoms with E-state index in [0.717, 1.165) is 44.6 Å². The number of nitrogens with zero attached hydrogens (tertiary/aromatic N) is 2. The van der Waals surface area contributed by atoms with Gasteiger partial charge < -0.3 is 14.6 Å². The number of nitrogens with one attached hydrogen (secondary N) is 1. The van der Waals surface area contributed by atoms with Gasteiger partial charge in [0.05, 0.1) is 6.54 Å². The molecule has 1 fully saturated rings. The van der Waals surface area contributed by atoms with Crippen molar-refractivity contribution < 1.29 is 4.74 Å². The summed E-state index contributed by atoms with van der Waals surface area (Å²) in [7, 11) is 0. The minimum Gasteiger partial charge on any atom is -0.381 e. The second-order valence-electron chi connectivity index (χ2n) is 4.32. The summed E-state index contributed by atoms with van der Waals surface area (Å²) < 4.78 is 7.52. The minimum atomic E-state index is 0.762. The van der Waals surface area contributed by atoms with Crippen molar-refractivity contribution in [2.24, 2.45) is 5.92 Å². The van der Waals surface area contributed by atoms with Crippen molar-refractivity contribution >= 4 is 0 Å². The molecule has 2 heterocycles. The molecule has 0 aliphatic carbocycles. The Bertz CT molecular complexity index is 305. The number of imidazole rings is 1. The molecule has 1 aliphatic heterocycles. The van der Waals surface area contributed by atoms with E-state index in [0.29, 0.717) is 0 Å². The lowest BCUT2D eigenvalue weighted by Gasteiger charge is -2.09. The lowest BCUT2D eigenvalue weighted by atomic mass is 10.1. The Balaban J connectivity index is 1.64. The van der Waals surface area contributed by atoms with Crippen molar-refractivity contribution in [1.82, 2.24) is 14.9 Å². The van der Waals surface area contributed by atoms with Gasteiger partial charge in [0, 0.05) is 32.2 Å². The first-order valence-corrected chi connectivity index (χ1v) is 6.18. The van der Waals surface area contributed by atoms with E-state index in [1.807, 2.05) is 12.4 Å². The zero-order chi connectivity index (χ0) is 11.2. The van der Waals surface area contributed by atoms with Crippen molar-refractivity contribution in [1.29, 1.82) is 0 Å². The monoisotopic (exact) mass is 223 g/mol. The third-order valence-corrected chi connectivity index (χ3v) is 3.18. The Morgan fingerprint density at radius 2 is 2.56 bits per heavy atom. The first-order chi connectivity index (χ1) is 7.90. The highest BCUT2D eigenvalue weighted by Crippen LogP contribution is 2.15. The fraction of sp³-hybridized carbons (Fsp3) is 0.750. The highest BCUT2D eigenvalue weighted by Gasteiger charge is 2.14. The maximum absolute atomic E-state index is 5.35. The van der Waals surface area contributed by atoms with Gasteiger partial charge in [-0.1, -0.05) is 0 Å². The van der Waals surface area contributed by atoms with E-state index in [2.05, 4.69) is 21.8 Å². The zero-order valence-electron chi connectivity index (χ0n) is 9.98. The van der Waals surface area contributed by atoms with Crippen LogP contribution in [0, 0.1) is 5.92 Å². The third-order valence-electron chi connectivity index (χ3n) is 3.18. The van der Waals surface area contributed by atoms with E-state index in [9.17, 15) is 0 Å². The molecule has 2 rings (SSSR count). The van der Waals surface area contributed by atoms with Gasteiger partial charge in [-0.2, -0.15) is 0 Å². The number of hydrogen-bond donors (Lipinski definition) is 1. The van der Waals surface area contributed by atoms with Crippen LogP contribution in [0.3, 0.4) is 0 Å². The molecule has 0 bridgehead atoms. The number of rotatable bonds is 6. The molecule has 1 atom stereocenters. The largest absolute Gasteiger partial charge is 0.381 e. The predicted octanol–water partition coefficient (Wildman–Crippen LogP) is 1.42. The molecular weight excluding hydrogens is 202 g/mol. The number of hydrogen-bond acceptors (Lipinski definition) is 3. The average molecular weight is 223 g/mol. The van der Waals surface area contributed by atoms with E-state index in [4.69, 9.17) is 4.74 Å². The molecule has 1 saturated heterocycles. The second kappa shape index (κ2) is 6.01. The Kier molecular flexibility index (Phi) is 4.36. The first-order valence-electron chi connectivity index (χ1n) is 6.18. The summed E-state index contributed by atoms with van der Waals surface area (Å²) >= 11 is 0. The topological polar surface area (TPSA) is 39.1 Å². The van der Waals surface area contributed by atoms with Crippen molar-refractivity contribution in [2.75, 3.05) is 19.8 Å². The van der Waals surface area contributed by atoms with Crippen LogP contribution in [0.2, 0.25) is 0 Å². The van der Waals surface area contributed by atoms with Gasteiger partial charge in [-0.15, -0.1) is 0 Å². The first kappa shape index (κ1) is 11.6. The van der Waals surface area contributed by atoms with Crippen LogP contribution >= 0.6 is 0 Å². The summed E-state index contributed by atoms with van der Waals surface area (Å²) in [5.74, 6) is 1.89. The van der Waals surface area contributed by atoms with E-state index in [1.54, 1.807) is 0 Å². The third kappa shape index (κ3) is 3.06. The maximum Gasteiger partial charge on any atom is 0.122 e. The molecule has 1 aromatic rings. The molecule has 4 heteroatoms. The predicted molar refractivity (Wildman–Crippen MR) is 63.2 cm³/mol. The Morgan fingerprint density at radius 3 is 3.31 bits per heavy atom. The average Bonchev–Trinajstić information content (AvgIpc) is 2.95. The van der Waals surface area contributed by atoms with Crippen LogP contribution in [-0.4, -0.2) is 29.3 Å². The second-order valence-corrected chi connectivity index (χ2v) is 4.32. The van der Waals surface area contributed by atoms with Gasteiger partial charge >= 0.3 is 0 Å². The molecule has 0 saturated carbocycles. The molecule has 0 aromatic carbocycles. The molecule has 0 radical (unpaired) electrons. The number of aryl methyl sites for hydroxylation is 1. The number of ether oxygens (including phenoxy) is 1. The van der Waals surface area contributed by atoms with Crippen molar-refractivity contribution in [3.63, 3.8) is 0 Å². The van der Waals surface area contributed by atoms with Gasteiger partial charge in [0.15, 0.2) is 0 Å². The molecule has 1 aromatic heterocycles. The Hall–Kier alpha value is -0.870. The molecular formula is C12H21N3O. The van der Waals surface area contributed by atoms with Crippen molar-refractivity contribution in [2.45, 2.75) is 32.9 Å². The molecule has 4 nitrogen and oxygen atoms in total. The quantitative estimate of drug-likeness (QED) is 0.741.